The summed E-state index contributed by atoms with van der Waals surface area (Å²) in [5.41, 5.74) is 0. The van der Waals surface area contributed by atoms with Gasteiger partial charge >= 0.3 is 0 Å². The van der Waals surface area contributed by atoms with E-state index >= 15 is 0 Å². The molecule has 0 saturated carbocycles. The van der Waals surface area contributed by atoms with Gasteiger partial charge in [-0.15, -0.1) is 0 Å². The zero-order valence-electron chi connectivity index (χ0n) is 12.7. The first-order chi connectivity index (χ1) is 10.6. The van der Waals surface area contributed by atoms with Crippen molar-refractivity contribution in [3.05, 3.63) is 24.4 Å². The van der Waals surface area contributed by atoms with Crippen molar-refractivity contribution in [1.29, 1.82) is 0 Å². The first-order valence-electron chi connectivity index (χ1n) is 6.58. The van der Waals surface area contributed by atoms with Crippen LogP contribution >= 0.6 is 0 Å². The van der Waals surface area contributed by atoms with Gasteiger partial charge in [-0.3, -0.25) is 9.27 Å². The predicted molar refractivity (Wildman–Crippen MR) is 86.3 cm³/mol. The maximum Gasteiger partial charge on any atom is 0.265 e. The van der Waals surface area contributed by atoms with Crippen LogP contribution in [0, 0.1) is 5.92 Å². The normalized spacial score (nSPS) is 15.3. The van der Waals surface area contributed by atoms with Gasteiger partial charge in [-0.1, -0.05) is 18.1 Å². The van der Waals surface area contributed by atoms with E-state index in [4.69, 9.17) is 4.55 Å². The maximum absolute atomic E-state index is 12.4. The molecule has 0 aliphatic carbocycles. The SMILES string of the molecule is CON=CC(CC(C)CS(=O)(=O)O)S(=O)(=O)Nc1ccccn1. The number of rotatable bonds is 9. The van der Waals surface area contributed by atoms with Crippen LogP contribution in [0.25, 0.3) is 0 Å². The zero-order valence-corrected chi connectivity index (χ0v) is 14.3. The van der Waals surface area contributed by atoms with Crippen molar-refractivity contribution < 1.29 is 26.2 Å². The van der Waals surface area contributed by atoms with Crippen LogP contribution in [-0.2, 0) is 25.0 Å². The third kappa shape index (κ3) is 7.39. The highest BCUT2D eigenvalue weighted by Gasteiger charge is 2.28. The molecule has 2 atom stereocenters. The molecule has 0 bridgehead atoms. The van der Waals surface area contributed by atoms with Crippen LogP contribution in [0.3, 0.4) is 0 Å². The van der Waals surface area contributed by atoms with E-state index in [9.17, 15) is 16.8 Å². The first-order valence-corrected chi connectivity index (χ1v) is 9.74. The molecular weight excluding hydrogens is 346 g/mol. The number of nitrogens with zero attached hydrogens (tertiary/aromatic N) is 2. The molecule has 1 heterocycles. The number of nitrogens with one attached hydrogen (secondary N) is 1. The van der Waals surface area contributed by atoms with Crippen LogP contribution in [-0.4, -0.2) is 50.7 Å². The lowest BCUT2D eigenvalue weighted by Gasteiger charge is -2.17. The Morgan fingerprint density at radius 2 is 2.09 bits per heavy atom. The summed E-state index contributed by atoms with van der Waals surface area (Å²) in [5.74, 6) is -1.03. The van der Waals surface area contributed by atoms with Crippen LogP contribution < -0.4 is 4.72 Å². The van der Waals surface area contributed by atoms with Gasteiger partial charge in [0.1, 0.15) is 18.2 Å². The molecule has 9 nitrogen and oxygen atoms in total. The highest BCUT2D eigenvalue weighted by atomic mass is 32.2. The summed E-state index contributed by atoms with van der Waals surface area (Å²) in [6, 6.07) is 4.73. The highest BCUT2D eigenvalue weighted by molar-refractivity contribution is 7.94. The third-order valence-corrected chi connectivity index (χ3v) is 5.37. The lowest BCUT2D eigenvalue weighted by molar-refractivity contribution is 0.214. The molecule has 0 radical (unpaired) electrons. The molecule has 1 aromatic rings. The van der Waals surface area contributed by atoms with Crippen molar-refractivity contribution in [2.45, 2.75) is 18.6 Å². The number of anilines is 1. The van der Waals surface area contributed by atoms with Crippen molar-refractivity contribution in [3.63, 3.8) is 0 Å². The topological polar surface area (TPSA) is 135 Å². The van der Waals surface area contributed by atoms with E-state index in [2.05, 4.69) is 19.7 Å². The fraction of sp³-hybridized carbons (Fsp3) is 0.500. The Hall–Kier alpha value is -1.72. The summed E-state index contributed by atoms with van der Waals surface area (Å²) in [6.07, 6.45) is 2.41. The minimum absolute atomic E-state index is 0.0746. The molecule has 0 aliphatic heterocycles. The van der Waals surface area contributed by atoms with E-state index in [0.29, 0.717) is 0 Å². The largest absolute Gasteiger partial charge is 0.399 e. The number of hydrogen-bond donors (Lipinski definition) is 2. The second-order valence-corrected chi connectivity index (χ2v) is 8.32. The fourth-order valence-corrected chi connectivity index (χ4v) is 4.08. The Balaban J connectivity index is 2.93. The summed E-state index contributed by atoms with van der Waals surface area (Å²) >= 11 is 0. The second-order valence-electron chi connectivity index (χ2n) is 4.93. The number of oxime groups is 1. The molecule has 0 spiro atoms. The molecule has 11 heteroatoms. The van der Waals surface area contributed by atoms with Gasteiger partial charge in [0.15, 0.2) is 0 Å². The Morgan fingerprint density at radius 1 is 1.39 bits per heavy atom. The molecule has 2 N–H and O–H groups in total. The molecule has 0 saturated heterocycles. The van der Waals surface area contributed by atoms with Crippen LogP contribution in [0.4, 0.5) is 5.82 Å². The number of sulfonamides is 1. The van der Waals surface area contributed by atoms with Crippen molar-refractivity contribution in [2.24, 2.45) is 11.1 Å². The van der Waals surface area contributed by atoms with E-state index in [-0.39, 0.29) is 12.2 Å². The molecule has 2 unspecified atom stereocenters. The van der Waals surface area contributed by atoms with E-state index in [1.165, 1.54) is 26.3 Å². The molecule has 130 valence electrons. The summed E-state index contributed by atoms with van der Waals surface area (Å²) < 4.78 is 57.7. The molecule has 23 heavy (non-hydrogen) atoms. The van der Waals surface area contributed by atoms with Gasteiger partial charge < -0.3 is 4.84 Å². The number of hydrogen-bond acceptors (Lipinski definition) is 7. The Labute approximate surface area is 135 Å². The molecule has 0 aromatic carbocycles. The summed E-state index contributed by atoms with van der Waals surface area (Å²) in [5, 5.41) is 2.30. The number of aromatic nitrogens is 1. The molecule has 0 amide bonds. The first kappa shape index (κ1) is 19.3. The van der Waals surface area contributed by atoms with Crippen LogP contribution in [0.5, 0.6) is 0 Å². The van der Waals surface area contributed by atoms with Gasteiger partial charge in [-0.2, -0.15) is 8.42 Å². The van der Waals surface area contributed by atoms with Gasteiger partial charge in [0.2, 0.25) is 10.0 Å². The lowest BCUT2D eigenvalue weighted by Crippen LogP contribution is -2.32. The fourth-order valence-electron chi connectivity index (χ4n) is 1.87. The monoisotopic (exact) mass is 365 g/mol. The van der Waals surface area contributed by atoms with E-state index in [1.807, 2.05) is 0 Å². The summed E-state index contributed by atoms with van der Waals surface area (Å²) in [4.78, 5) is 8.36. The van der Waals surface area contributed by atoms with E-state index < -0.39 is 37.1 Å². The second kappa shape index (κ2) is 8.22. The standard InChI is InChI=1S/C12H19N3O6S2/c1-10(9-22(16,17)18)7-11(8-14-21-2)23(19,20)15-12-5-3-4-6-13-12/h3-6,8,10-11H,7,9H2,1-2H3,(H,13,15)(H,16,17,18). The predicted octanol–water partition coefficient (Wildman–Crippen LogP) is 0.738. The van der Waals surface area contributed by atoms with E-state index in [1.54, 1.807) is 12.1 Å². The minimum Gasteiger partial charge on any atom is -0.399 e. The number of pyridine rings is 1. The quantitative estimate of drug-likeness (QED) is 0.374. The van der Waals surface area contributed by atoms with Crippen LogP contribution in [0.2, 0.25) is 0 Å². The van der Waals surface area contributed by atoms with Gasteiger partial charge in [0, 0.05) is 6.20 Å². The molecule has 1 rings (SSSR count). The molecular formula is C12H19N3O6S2. The summed E-state index contributed by atoms with van der Waals surface area (Å²) in [6.45, 7) is 1.51. The van der Waals surface area contributed by atoms with Crippen molar-refractivity contribution >= 4 is 32.2 Å². The van der Waals surface area contributed by atoms with Crippen molar-refractivity contribution in [1.82, 2.24) is 4.98 Å². The average Bonchev–Trinajstić information content (AvgIpc) is 2.42. The molecule has 1 aromatic heterocycles. The summed E-state index contributed by atoms with van der Waals surface area (Å²) in [7, 11) is -6.86. The Morgan fingerprint density at radius 3 is 2.61 bits per heavy atom. The minimum atomic E-state index is -4.20. The Bertz CT molecular complexity index is 718. The lowest BCUT2D eigenvalue weighted by atomic mass is 10.1. The van der Waals surface area contributed by atoms with Crippen LogP contribution in [0.15, 0.2) is 29.6 Å². The Kier molecular flexibility index (Phi) is 6.91. The highest BCUT2D eigenvalue weighted by Crippen LogP contribution is 2.16. The van der Waals surface area contributed by atoms with Gasteiger partial charge in [0.25, 0.3) is 10.1 Å². The average molecular weight is 365 g/mol. The van der Waals surface area contributed by atoms with Crippen molar-refractivity contribution in [2.75, 3.05) is 17.6 Å². The smallest absolute Gasteiger partial charge is 0.265 e. The van der Waals surface area contributed by atoms with Gasteiger partial charge in [0.05, 0.1) is 12.0 Å². The third-order valence-electron chi connectivity index (χ3n) is 2.77. The van der Waals surface area contributed by atoms with Crippen LogP contribution in [0.1, 0.15) is 13.3 Å². The van der Waals surface area contributed by atoms with Crippen molar-refractivity contribution in [3.8, 4) is 0 Å². The zero-order chi connectivity index (χ0) is 17.5. The molecule has 0 fully saturated rings. The van der Waals surface area contributed by atoms with E-state index in [0.717, 1.165) is 6.21 Å². The molecule has 0 aliphatic rings. The maximum atomic E-state index is 12.4. The van der Waals surface area contributed by atoms with Gasteiger partial charge in [-0.05, 0) is 24.5 Å². The van der Waals surface area contributed by atoms with Gasteiger partial charge in [-0.25, -0.2) is 13.4 Å².